The van der Waals surface area contributed by atoms with Gasteiger partial charge in [-0.2, -0.15) is 0 Å². The van der Waals surface area contributed by atoms with Gasteiger partial charge in [-0.15, -0.1) is 0 Å². The number of anilines is 1. The molecule has 1 aliphatic heterocycles. The van der Waals surface area contributed by atoms with Gasteiger partial charge in [-0.05, 0) is 24.6 Å². The molecule has 0 saturated heterocycles. The minimum atomic E-state index is -0.477. The lowest BCUT2D eigenvalue weighted by Crippen LogP contribution is -2.17. The van der Waals surface area contributed by atoms with E-state index in [2.05, 4.69) is 10.3 Å². The molecule has 7 nitrogen and oxygen atoms in total. The molecule has 7 heteroatoms. The van der Waals surface area contributed by atoms with Crippen molar-refractivity contribution in [3.8, 4) is 5.75 Å². The first kappa shape index (κ1) is 14.3. The molecule has 1 aliphatic rings. The van der Waals surface area contributed by atoms with Crippen molar-refractivity contribution in [2.24, 2.45) is 0 Å². The predicted molar refractivity (Wildman–Crippen MR) is 79.3 cm³/mol. The molecule has 1 aromatic heterocycles. The zero-order valence-corrected chi connectivity index (χ0v) is 11.9. The zero-order chi connectivity index (χ0) is 15.5. The summed E-state index contributed by atoms with van der Waals surface area (Å²) in [6.07, 6.45) is 1.22. The van der Waals surface area contributed by atoms with Gasteiger partial charge in [0.25, 0.3) is 5.69 Å². The monoisotopic (exact) mass is 300 g/mol. The molecule has 0 fully saturated rings. The summed E-state index contributed by atoms with van der Waals surface area (Å²) < 4.78 is 10.8. The molecule has 1 N–H and O–H groups in total. The summed E-state index contributed by atoms with van der Waals surface area (Å²) in [5, 5.41) is 13.8. The van der Waals surface area contributed by atoms with E-state index in [9.17, 15) is 10.1 Å². The Morgan fingerprint density at radius 3 is 2.95 bits per heavy atom. The van der Waals surface area contributed by atoms with Gasteiger partial charge in [0, 0.05) is 11.6 Å². The van der Waals surface area contributed by atoms with E-state index >= 15 is 0 Å². The summed E-state index contributed by atoms with van der Waals surface area (Å²) in [7, 11) is 0. The van der Waals surface area contributed by atoms with E-state index in [0.29, 0.717) is 12.4 Å². The highest BCUT2D eigenvalue weighted by Gasteiger charge is 2.19. The van der Waals surface area contributed by atoms with Crippen LogP contribution < -0.4 is 10.1 Å². The van der Waals surface area contributed by atoms with Gasteiger partial charge in [0.05, 0.1) is 17.6 Å². The second kappa shape index (κ2) is 5.98. The van der Waals surface area contributed by atoms with Crippen LogP contribution in [-0.2, 0) is 11.3 Å². The normalized spacial score (nSPS) is 13.4. The van der Waals surface area contributed by atoms with Crippen LogP contribution in [0.1, 0.15) is 18.1 Å². The van der Waals surface area contributed by atoms with Crippen molar-refractivity contribution in [2.75, 3.05) is 12.1 Å². The average Bonchev–Trinajstić information content (AvgIpc) is 2.54. The Morgan fingerprint density at radius 2 is 2.23 bits per heavy atom. The van der Waals surface area contributed by atoms with Gasteiger partial charge in [-0.25, -0.2) is 4.98 Å². The maximum Gasteiger partial charge on any atom is 0.287 e. The number of hydrogen-bond acceptors (Lipinski definition) is 6. The van der Waals surface area contributed by atoms with Crippen LogP contribution in [0.15, 0.2) is 36.5 Å². The molecule has 1 aromatic carbocycles. The topological polar surface area (TPSA) is 86.5 Å². The number of nitrogens with zero attached hydrogens (tertiary/aromatic N) is 2. The second-order valence-corrected chi connectivity index (χ2v) is 4.80. The molecule has 2 aromatic rings. The summed E-state index contributed by atoms with van der Waals surface area (Å²) in [6.45, 7) is 2.65. The standard InChI is InChI=1S/C15H14N3O4/c1-10(17-15-6-5-11(7-16-15)18(19)20)12-3-2-4-14-13(12)8-21-9-22-14/h2-7H,8-9H2,1H3,(H,16,17). The van der Waals surface area contributed by atoms with Gasteiger partial charge in [-0.1, -0.05) is 12.1 Å². The third-order valence-electron chi connectivity index (χ3n) is 3.36. The first-order chi connectivity index (χ1) is 10.6. The smallest absolute Gasteiger partial charge is 0.287 e. The fraction of sp³-hybridized carbons (Fsp3) is 0.200. The van der Waals surface area contributed by atoms with Crippen molar-refractivity contribution in [3.05, 3.63) is 63.8 Å². The Balaban J connectivity index is 1.80. The Morgan fingerprint density at radius 1 is 1.36 bits per heavy atom. The van der Waals surface area contributed by atoms with Crippen LogP contribution in [0, 0.1) is 16.2 Å². The second-order valence-electron chi connectivity index (χ2n) is 4.80. The van der Waals surface area contributed by atoms with Crippen LogP contribution in [-0.4, -0.2) is 16.7 Å². The van der Waals surface area contributed by atoms with Crippen LogP contribution in [0.25, 0.3) is 0 Å². The summed E-state index contributed by atoms with van der Waals surface area (Å²) in [6, 6.07) is 9.63. The molecule has 0 aliphatic carbocycles. The Kier molecular flexibility index (Phi) is 3.88. The molecule has 0 spiro atoms. The maximum absolute atomic E-state index is 10.6. The third kappa shape index (κ3) is 2.84. The number of rotatable bonds is 4. The van der Waals surface area contributed by atoms with E-state index in [4.69, 9.17) is 9.47 Å². The van der Waals surface area contributed by atoms with Gasteiger partial charge >= 0.3 is 0 Å². The Hall–Kier alpha value is -2.67. The van der Waals surface area contributed by atoms with Gasteiger partial charge in [0.15, 0.2) is 6.79 Å². The summed E-state index contributed by atoms with van der Waals surface area (Å²) in [5.74, 6) is 1.35. The quantitative estimate of drug-likeness (QED) is 0.690. The molecular formula is C15H14N3O4. The number of aromatic nitrogens is 1. The number of ether oxygens (including phenoxy) is 2. The average molecular weight is 300 g/mol. The predicted octanol–water partition coefficient (Wildman–Crippen LogP) is 2.87. The van der Waals surface area contributed by atoms with E-state index < -0.39 is 4.92 Å². The molecule has 0 bridgehead atoms. The minimum absolute atomic E-state index is 0.0397. The zero-order valence-electron chi connectivity index (χ0n) is 11.9. The summed E-state index contributed by atoms with van der Waals surface area (Å²) in [4.78, 5) is 14.2. The van der Waals surface area contributed by atoms with E-state index in [1.807, 2.05) is 25.1 Å². The SMILES string of the molecule is C[C](Nc1ccc([N+](=O)[O-])cn1)c1cccc2c1COCO2. The highest BCUT2D eigenvalue weighted by molar-refractivity contribution is 5.53. The Bertz CT molecular complexity index is 688. The van der Waals surface area contributed by atoms with Gasteiger partial charge in [0.2, 0.25) is 0 Å². The minimum Gasteiger partial charge on any atom is -0.467 e. The first-order valence-corrected chi connectivity index (χ1v) is 6.69. The lowest BCUT2D eigenvalue weighted by Gasteiger charge is -2.23. The van der Waals surface area contributed by atoms with E-state index in [1.165, 1.54) is 12.3 Å². The first-order valence-electron chi connectivity index (χ1n) is 6.69. The highest BCUT2D eigenvalue weighted by Crippen LogP contribution is 2.31. The number of nitrogens with one attached hydrogen (secondary N) is 1. The van der Waals surface area contributed by atoms with Crippen molar-refractivity contribution < 1.29 is 14.4 Å². The van der Waals surface area contributed by atoms with Crippen LogP contribution in [0.4, 0.5) is 11.5 Å². The highest BCUT2D eigenvalue weighted by atomic mass is 16.7. The molecular weight excluding hydrogens is 286 g/mol. The van der Waals surface area contributed by atoms with Crippen LogP contribution >= 0.6 is 0 Å². The summed E-state index contributed by atoms with van der Waals surface area (Å²) in [5.41, 5.74) is 1.90. The lowest BCUT2D eigenvalue weighted by molar-refractivity contribution is -0.385. The molecule has 0 atom stereocenters. The fourth-order valence-electron chi connectivity index (χ4n) is 2.28. The number of fused-ring (bicyclic) bond motifs is 1. The number of hydrogen-bond donors (Lipinski definition) is 1. The maximum atomic E-state index is 10.6. The van der Waals surface area contributed by atoms with Crippen molar-refractivity contribution in [2.45, 2.75) is 13.5 Å². The largest absolute Gasteiger partial charge is 0.467 e. The molecule has 1 radical (unpaired) electrons. The van der Waals surface area contributed by atoms with Crippen LogP contribution in [0.3, 0.4) is 0 Å². The van der Waals surface area contributed by atoms with E-state index in [1.54, 1.807) is 6.07 Å². The van der Waals surface area contributed by atoms with Crippen LogP contribution in [0.5, 0.6) is 5.75 Å². The summed E-state index contributed by atoms with van der Waals surface area (Å²) >= 11 is 0. The molecule has 2 heterocycles. The molecule has 0 unspecified atom stereocenters. The van der Waals surface area contributed by atoms with Crippen molar-refractivity contribution in [1.82, 2.24) is 4.98 Å². The Labute approximate surface area is 127 Å². The van der Waals surface area contributed by atoms with Gasteiger partial charge < -0.3 is 14.8 Å². The number of benzene rings is 1. The van der Waals surface area contributed by atoms with Gasteiger partial charge in [-0.3, -0.25) is 10.1 Å². The number of pyridine rings is 1. The lowest BCUT2D eigenvalue weighted by atomic mass is 10.0. The molecule has 0 amide bonds. The number of nitro groups is 1. The molecule has 0 saturated carbocycles. The molecule has 113 valence electrons. The van der Waals surface area contributed by atoms with E-state index in [0.717, 1.165) is 22.9 Å². The van der Waals surface area contributed by atoms with Crippen LogP contribution in [0.2, 0.25) is 0 Å². The molecule has 22 heavy (non-hydrogen) atoms. The van der Waals surface area contributed by atoms with Crippen molar-refractivity contribution >= 4 is 11.5 Å². The third-order valence-corrected chi connectivity index (χ3v) is 3.36. The van der Waals surface area contributed by atoms with E-state index in [-0.39, 0.29) is 12.5 Å². The van der Waals surface area contributed by atoms with Crippen molar-refractivity contribution in [3.63, 3.8) is 0 Å². The molecule has 3 rings (SSSR count). The van der Waals surface area contributed by atoms with Crippen molar-refractivity contribution in [1.29, 1.82) is 0 Å². The fourth-order valence-corrected chi connectivity index (χ4v) is 2.28. The van der Waals surface area contributed by atoms with Gasteiger partial charge in [0.1, 0.15) is 17.8 Å².